The zero-order valence-electron chi connectivity index (χ0n) is 15.3. The molecule has 2 aromatic carbocycles. The summed E-state index contributed by atoms with van der Waals surface area (Å²) in [6.07, 6.45) is 1.56. The summed E-state index contributed by atoms with van der Waals surface area (Å²) in [6.45, 7) is 4.67. The zero-order valence-corrected chi connectivity index (χ0v) is 15.3. The van der Waals surface area contributed by atoms with Gasteiger partial charge in [-0.15, -0.1) is 0 Å². The summed E-state index contributed by atoms with van der Waals surface area (Å²) < 4.78 is 5.93. The standard InChI is InChI=1S/C21H22N4O2/c1-15(2)14-23-20(26)18-12-13-22-21(25-18)24-17-10-6-7-11-19(17)27-16-8-4-3-5-9-16/h3-13,15H,14H2,1-2H3,(H,23,26)(H,22,24,25). The summed E-state index contributed by atoms with van der Waals surface area (Å²) in [5, 5.41) is 5.98. The normalized spacial score (nSPS) is 10.5. The van der Waals surface area contributed by atoms with E-state index in [1.165, 1.54) is 0 Å². The fraction of sp³-hybridized carbons (Fsp3) is 0.190. The van der Waals surface area contributed by atoms with Crippen LogP contribution in [0.15, 0.2) is 66.9 Å². The maximum atomic E-state index is 12.2. The van der Waals surface area contributed by atoms with Gasteiger partial charge in [0.2, 0.25) is 5.95 Å². The van der Waals surface area contributed by atoms with Crippen LogP contribution < -0.4 is 15.4 Å². The second kappa shape index (κ2) is 8.80. The summed E-state index contributed by atoms with van der Waals surface area (Å²) in [7, 11) is 0. The first-order chi connectivity index (χ1) is 13.1. The molecule has 0 bridgehead atoms. The number of anilines is 2. The average Bonchev–Trinajstić information content (AvgIpc) is 2.68. The second-order valence-electron chi connectivity index (χ2n) is 6.41. The number of aromatic nitrogens is 2. The Morgan fingerprint density at radius 2 is 1.78 bits per heavy atom. The van der Waals surface area contributed by atoms with Gasteiger partial charge < -0.3 is 15.4 Å². The molecule has 0 unspecified atom stereocenters. The first-order valence-corrected chi connectivity index (χ1v) is 8.82. The number of para-hydroxylation sites is 3. The number of benzene rings is 2. The van der Waals surface area contributed by atoms with Crippen molar-refractivity contribution < 1.29 is 9.53 Å². The Bertz CT molecular complexity index is 897. The van der Waals surface area contributed by atoms with Gasteiger partial charge in [0, 0.05) is 12.7 Å². The third-order valence-corrected chi connectivity index (χ3v) is 3.66. The first kappa shape index (κ1) is 18.4. The van der Waals surface area contributed by atoms with Gasteiger partial charge in [-0.25, -0.2) is 9.97 Å². The molecule has 138 valence electrons. The Morgan fingerprint density at radius 1 is 1.04 bits per heavy atom. The Hall–Kier alpha value is -3.41. The van der Waals surface area contributed by atoms with Gasteiger partial charge in [0.15, 0.2) is 5.75 Å². The Kier molecular flexibility index (Phi) is 5.99. The van der Waals surface area contributed by atoms with Gasteiger partial charge in [-0.05, 0) is 36.2 Å². The van der Waals surface area contributed by atoms with Crippen molar-refractivity contribution in [3.8, 4) is 11.5 Å². The van der Waals surface area contributed by atoms with E-state index in [9.17, 15) is 4.79 Å². The maximum Gasteiger partial charge on any atom is 0.270 e. The first-order valence-electron chi connectivity index (χ1n) is 8.82. The number of carbonyl (C=O) groups excluding carboxylic acids is 1. The van der Waals surface area contributed by atoms with Crippen LogP contribution in [0.25, 0.3) is 0 Å². The molecule has 1 heterocycles. The largest absolute Gasteiger partial charge is 0.455 e. The predicted molar refractivity (Wildman–Crippen MR) is 105 cm³/mol. The van der Waals surface area contributed by atoms with Crippen molar-refractivity contribution in [2.75, 3.05) is 11.9 Å². The topological polar surface area (TPSA) is 76.1 Å². The number of carbonyl (C=O) groups is 1. The molecule has 1 aromatic heterocycles. The van der Waals surface area contributed by atoms with Crippen LogP contribution in [0.5, 0.6) is 11.5 Å². The molecule has 3 rings (SSSR count). The molecule has 1 amide bonds. The van der Waals surface area contributed by atoms with Crippen LogP contribution >= 0.6 is 0 Å². The predicted octanol–water partition coefficient (Wildman–Crippen LogP) is 4.40. The van der Waals surface area contributed by atoms with E-state index < -0.39 is 0 Å². The van der Waals surface area contributed by atoms with Crippen LogP contribution in [0.2, 0.25) is 0 Å². The van der Waals surface area contributed by atoms with Gasteiger partial charge >= 0.3 is 0 Å². The summed E-state index contributed by atoms with van der Waals surface area (Å²) >= 11 is 0. The molecule has 6 heteroatoms. The molecule has 27 heavy (non-hydrogen) atoms. The summed E-state index contributed by atoms with van der Waals surface area (Å²) in [5.41, 5.74) is 1.02. The molecule has 0 aliphatic rings. The maximum absolute atomic E-state index is 12.2. The van der Waals surface area contributed by atoms with Crippen molar-refractivity contribution in [2.24, 2.45) is 5.92 Å². The smallest absolute Gasteiger partial charge is 0.270 e. The van der Waals surface area contributed by atoms with E-state index in [1.807, 2.05) is 68.4 Å². The number of hydrogen-bond donors (Lipinski definition) is 2. The number of ether oxygens (including phenoxy) is 1. The zero-order chi connectivity index (χ0) is 19.1. The molecular weight excluding hydrogens is 340 g/mol. The van der Waals surface area contributed by atoms with Gasteiger partial charge in [0.1, 0.15) is 11.4 Å². The summed E-state index contributed by atoms with van der Waals surface area (Å²) in [6, 6.07) is 18.6. The van der Waals surface area contributed by atoms with Crippen LogP contribution in [-0.2, 0) is 0 Å². The van der Waals surface area contributed by atoms with Crippen molar-refractivity contribution in [1.29, 1.82) is 0 Å². The lowest BCUT2D eigenvalue weighted by Gasteiger charge is -2.12. The lowest BCUT2D eigenvalue weighted by atomic mass is 10.2. The number of rotatable bonds is 7. The Labute approximate surface area is 158 Å². The van der Waals surface area contributed by atoms with Gasteiger partial charge in [0.25, 0.3) is 5.91 Å². The molecule has 0 aliphatic heterocycles. The van der Waals surface area contributed by atoms with Crippen molar-refractivity contribution in [3.05, 3.63) is 72.6 Å². The fourth-order valence-corrected chi connectivity index (χ4v) is 2.33. The van der Waals surface area contributed by atoms with E-state index in [4.69, 9.17) is 4.74 Å². The van der Waals surface area contributed by atoms with Crippen LogP contribution in [0.1, 0.15) is 24.3 Å². The van der Waals surface area contributed by atoms with E-state index in [1.54, 1.807) is 12.3 Å². The monoisotopic (exact) mass is 362 g/mol. The van der Waals surface area contributed by atoms with E-state index in [2.05, 4.69) is 20.6 Å². The highest BCUT2D eigenvalue weighted by molar-refractivity contribution is 5.92. The van der Waals surface area contributed by atoms with Gasteiger partial charge in [-0.1, -0.05) is 44.2 Å². The van der Waals surface area contributed by atoms with Crippen LogP contribution in [0, 0.1) is 5.92 Å². The van der Waals surface area contributed by atoms with Crippen molar-refractivity contribution in [2.45, 2.75) is 13.8 Å². The van der Waals surface area contributed by atoms with Gasteiger partial charge in [-0.2, -0.15) is 0 Å². The van der Waals surface area contributed by atoms with Crippen molar-refractivity contribution in [3.63, 3.8) is 0 Å². The summed E-state index contributed by atoms with van der Waals surface area (Å²) in [5.74, 6) is 1.85. The van der Waals surface area contributed by atoms with E-state index in [-0.39, 0.29) is 5.91 Å². The highest BCUT2D eigenvalue weighted by Gasteiger charge is 2.11. The highest BCUT2D eigenvalue weighted by atomic mass is 16.5. The highest BCUT2D eigenvalue weighted by Crippen LogP contribution is 2.30. The average molecular weight is 362 g/mol. The molecule has 6 nitrogen and oxygen atoms in total. The Balaban J connectivity index is 1.76. The number of nitrogens with zero attached hydrogens (tertiary/aromatic N) is 2. The quantitative estimate of drug-likeness (QED) is 0.651. The van der Waals surface area contributed by atoms with Gasteiger partial charge in [0.05, 0.1) is 5.69 Å². The second-order valence-corrected chi connectivity index (χ2v) is 6.41. The molecule has 0 atom stereocenters. The number of nitrogens with one attached hydrogen (secondary N) is 2. The fourth-order valence-electron chi connectivity index (χ4n) is 2.33. The molecule has 0 fully saturated rings. The molecular formula is C21H22N4O2. The lowest BCUT2D eigenvalue weighted by molar-refractivity contribution is 0.0944. The third-order valence-electron chi connectivity index (χ3n) is 3.66. The third kappa shape index (κ3) is 5.28. The minimum absolute atomic E-state index is 0.219. The minimum Gasteiger partial charge on any atom is -0.455 e. The van der Waals surface area contributed by atoms with E-state index in [0.29, 0.717) is 35.5 Å². The number of hydrogen-bond acceptors (Lipinski definition) is 5. The molecule has 2 N–H and O–H groups in total. The van der Waals surface area contributed by atoms with Gasteiger partial charge in [-0.3, -0.25) is 4.79 Å². The Morgan fingerprint density at radius 3 is 2.56 bits per heavy atom. The molecule has 0 radical (unpaired) electrons. The molecule has 0 spiro atoms. The van der Waals surface area contributed by atoms with E-state index in [0.717, 1.165) is 5.75 Å². The number of amides is 1. The van der Waals surface area contributed by atoms with Crippen LogP contribution in [-0.4, -0.2) is 22.4 Å². The molecule has 3 aromatic rings. The van der Waals surface area contributed by atoms with E-state index >= 15 is 0 Å². The molecule has 0 saturated heterocycles. The summed E-state index contributed by atoms with van der Waals surface area (Å²) in [4.78, 5) is 20.7. The SMILES string of the molecule is CC(C)CNC(=O)c1ccnc(Nc2ccccc2Oc2ccccc2)n1. The van der Waals surface area contributed by atoms with Crippen molar-refractivity contribution >= 4 is 17.5 Å². The lowest BCUT2D eigenvalue weighted by Crippen LogP contribution is -2.28. The minimum atomic E-state index is -0.219. The van der Waals surface area contributed by atoms with Crippen molar-refractivity contribution in [1.82, 2.24) is 15.3 Å². The van der Waals surface area contributed by atoms with Crippen LogP contribution in [0.4, 0.5) is 11.6 Å². The molecule has 0 aliphatic carbocycles. The van der Waals surface area contributed by atoms with Crippen LogP contribution in [0.3, 0.4) is 0 Å². The molecule has 0 saturated carbocycles.